The fourth-order valence-electron chi connectivity index (χ4n) is 3.50. The summed E-state index contributed by atoms with van der Waals surface area (Å²) in [6.45, 7) is 6.50. The molecule has 0 fully saturated rings. The van der Waals surface area contributed by atoms with Gasteiger partial charge < -0.3 is 14.8 Å². The van der Waals surface area contributed by atoms with Gasteiger partial charge in [0.05, 0.1) is 11.3 Å². The predicted octanol–water partition coefficient (Wildman–Crippen LogP) is 7.30. The van der Waals surface area contributed by atoms with Crippen LogP contribution in [-0.4, -0.2) is 12.3 Å². The van der Waals surface area contributed by atoms with Crippen LogP contribution in [0.5, 0.6) is 17.2 Å². The van der Waals surface area contributed by atoms with Crippen LogP contribution < -0.4 is 14.8 Å². The summed E-state index contributed by atoms with van der Waals surface area (Å²) in [4.78, 5) is 12.9. The smallest absolute Gasteiger partial charge is 0.454 e. The van der Waals surface area contributed by atoms with Gasteiger partial charge in [-0.1, -0.05) is 51.1 Å². The molecule has 32 heavy (non-hydrogen) atoms. The van der Waals surface area contributed by atoms with Crippen molar-refractivity contribution in [3.63, 3.8) is 0 Å². The minimum Gasteiger partial charge on any atom is -0.454 e. The number of hydrogen-bond donors (Lipinski definition) is 1. The van der Waals surface area contributed by atoms with Crippen LogP contribution in [-0.2, 0) is 5.41 Å². The van der Waals surface area contributed by atoms with E-state index >= 15 is 0 Å². The zero-order valence-corrected chi connectivity index (χ0v) is 17.8. The zero-order valence-electron chi connectivity index (χ0n) is 17.8. The normalized spacial score (nSPS) is 13.4. The molecular weight excluding hydrogens is 419 g/mol. The molecule has 0 radical (unpaired) electrons. The summed E-state index contributed by atoms with van der Waals surface area (Å²) in [6, 6.07) is 17.0. The second-order valence-electron chi connectivity index (χ2n) is 8.29. The summed E-state index contributed by atoms with van der Waals surface area (Å²) in [5.41, 5.74) is 3.39. The van der Waals surface area contributed by atoms with Crippen molar-refractivity contribution in [3.8, 4) is 28.4 Å². The lowest BCUT2D eigenvalue weighted by atomic mass is 9.81. The number of carbonyl (C=O) groups excluding carboxylic acids is 1. The summed E-state index contributed by atoms with van der Waals surface area (Å²) >= 11 is 0. The lowest BCUT2D eigenvalue weighted by Gasteiger charge is -2.24. The van der Waals surface area contributed by atoms with Crippen molar-refractivity contribution in [2.24, 2.45) is 0 Å². The van der Waals surface area contributed by atoms with Crippen molar-refractivity contribution in [1.82, 2.24) is 0 Å². The molecule has 0 saturated heterocycles. The first kappa shape index (κ1) is 21.7. The maximum atomic E-state index is 12.9. The average Bonchev–Trinajstić information content (AvgIpc) is 2.88. The first-order chi connectivity index (χ1) is 15.1. The molecule has 0 spiro atoms. The summed E-state index contributed by atoms with van der Waals surface area (Å²) in [5, 5.41) is 2.62. The fourth-order valence-corrected chi connectivity index (χ4v) is 3.50. The Morgan fingerprint density at radius 2 is 1.66 bits per heavy atom. The van der Waals surface area contributed by atoms with Crippen LogP contribution in [0.2, 0.25) is 0 Å². The van der Waals surface area contributed by atoms with Crippen LogP contribution in [0.3, 0.4) is 0 Å². The van der Waals surface area contributed by atoms with Gasteiger partial charge in [0, 0.05) is 6.07 Å². The van der Waals surface area contributed by atoms with Crippen molar-refractivity contribution in [2.45, 2.75) is 39.0 Å². The van der Waals surface area contributed by atoms with Gasteiger partial charge >= 0.3 is 6.36 Å². The van der Waals surface area contributed by atoms with Gasteiger partial charge in [0.2, 0.25) is 0 Å². The van der Waals surface area contributed by atoms with Gasteiger partial charge in [0.1, 0.15) is 11.5 Å². The van der Waals surface area contributed by atoms with Crippen molar-refractivity contribution in [3.05, 3.63) is 71.8 Å². The maximum Gasteiger partial charge on any atom is 0.573 e. The van der Waals surface area contributed by atoms with Crippen LogP contribution >= 0.6 is 0 Å². The summed E-state index contributed by atoms with van der Waals surface area (Å²) in [6.07, 6.45) is -3.85. The highest BCUT2D eigenvalue weighted by Crippen LogP contribution is 2.40. The topological polar surface area (TPSA) is 47.6 Å². The molecule has 0 unspecified atom stereocenters. The number of ether oxygens (including phenoxy) is 2. The quantitative estimate of drug-likeness (QED) is 0.462. The molecule has 7 heteroatoms. The third-order valence-electron chi connectivity index (χ3n) is 5.74. The zero-order chi connectivity index (χ0) is 23.1. The molecule has 0 aromatic heterocycles. The Labute approximate surface area is 184 Å². The highest BCUT2D eigenvalue weighted by atomic mass is 19.4. The first-order valence-corrected chi connectivity index (χ1v) is 10.2. The van der Waals surface area contributed by atoms with E-state index in [1.807, 2.05) is 18.2 Å². The number of hydrogen-bond acceptors (Lipinski definition) is 3. The Bertz CT molecular complexity index is 1190. The summed E-state index contributed by atoms with van der Waals surface area (Å²) in [7, 11) is 0. The van der Waals surface area contributed by atoms with E-state index in [0.717, 1.165) is 29.7 Å². The highest BCUT2D eigenvalue weighted by molar-refractivity contribution is 6.08. The number of nitrogens with one attached hydrogen (secondary N) is 1. The van der Waals surface area contributed by atoms with Gasteiger partial charge in [-0.05, 0) is 52.8 Å². The number of alkyl halides is 3. The molecule has 166 valence electrons. The van der Waals surface area contributed by atoms with Gasteiger partial charge in [-0.2, -0.15) is 0 Å². The molecule has 1 aliphatic rings. The number of benzene rings is 3. The lowest BCUT2D eigenvalue weighted by molar-refractivity contribution is -0.274. The lowest BCUT2D eigenvalue weighted by Crippen LogP contribution is -2.17. The molecule has 0 atom stereocenters. The molecule has 0 bridgehead atoms. The van der Waals surface area contributed by atoms with Crippen LogP contribution in [0, 0.1) is 0 Å². The molecule has 1 N–H and O–H groups in total. The second-order valence-corrected chi connectivity index (χ2v) is 8.29. The minimum absolute atomic E-state index is 0.0139. The molecule has 4 nitrogen and oxygen atoms in total. The van der Waals surface area contributed by atoms with Gasteiger partial charge in [0.15, 0.2) is 5.75 Å². The Morgan fingerprint density at radius 3 is 2.38 bits per heavy atom. The molecule has 0 saturated carbocycles. The number of carbonyl (C=O) groups is 1. The summed E-state index contributed by atoms with van der Waals surface area (Å²) < 4.78 is 47.4. The molecule has 4 rings (SSSR count). The van der Waals surface area contributed by atoms with Crippen molar-refractivity contribution >= 4 is 11.6 Å². The Hall–Kier alpha value is -3.48. The molecule has 1 heterocycles. The third kappa shape index (κ3) is 4.42. The Morgan fingerprint density at radius 1 is 0.938 bits per heavy atom. The monoisotopic (exact) mass is 441 g/mol. The number of rotatable bonds is 4. The van der Waals surface area contributed by atoms with Crippen LogP contribution in [0.25, 0.3) is 11.1 Å². The van der Waals surface area contributed by atoms with E-state index < -0.39 is 18.0 Å². The Balaban J connectivity index is 1.68. The molecular formula is C25H22F3NO3. The largest absolute Gasteiger partial charge is 0.573 e. The van der Waals surface area contributed by atoms with Crippen LogP contribution in [0.1, 0.15) is 43.1 Å². The van der Waals surface area contributed by atoms with Crippen molar-refractivity contribution < 1.29 is 27.4 Å². The Kier molecular flexibility index (Phi) is 5.36. The van der Waals surface area contributed by atoms with Gasteiger partial charge in [-0.3, -0.25) is 4.79 Å². The number of fused-ring (bicyclic) bond motifs is 2. The van der Waals surface area contributed by atoms with E-state index in [9.17, 15) is 18.0 Å². The summed E-state index contributed by atoms with van der Waals surface area (Å²) in [5.74, 6) is -0.373. The fraction of sp³-hybridized carbons (Fsp3) is 0.240. The van der Waals surface area contributed by atoms with E-state index in [0.29, 0.717) is 5.75 Å². The molecule has 1 aliphatic heterocycles. The van der Waals surface area contributed by atoms with Crippen LogP contribution in [0.15, 0.2) is 60.7 Å². The SMILES string of the molecule is CCC(C)(C)c1cccc(-c2ccc3c(c2)C(=O)Nc2cc(OC(F)(F)F)ccc2O3)c1. The standard InChI is InChI=1S/C25H22F3NO3/c1-4-24(2,3)17-7-5-6-15(12-17)16-8-10-21-19(13-16)23(30)29-20-14-18(32-25(26,27)28)9-11-22(20)31-21/h5-14H,4H2,1-3H3,(H,29,30). The van der Waals surface area contributed by atoms with E-state index in [2.05, 4.69) is 43.0 Å². The molecule has 0 aliphatic carbocycles. The average molecular weight is 441 g/mol. The van der Waals surface area contributed by atoms with Crippen molar-refractivity contribution in [2.75, 3.05) is 5.32 Å². The second kappa shape index (κ2) is 7.89. The van der Waals surface area contributed by atoms with E-state index in [1.54, 1.807) is 12.1 Å². The number of anilines is 1. The van der Waals surface area contributed by atoms with Crippen molar-refractivity contribution in [1.29, 1.82) is 0 Å². The van der Waals surface area contributed by atoms with Gasteiger partial charge in [-0.25, -0.2) is 0 Å². The number of amides is 1. The van der Waals surface area contributed by atoms with E-state index in [1.165, 1.54) is 11.6 Å². The minimum atomic E-state index is -4.83. The maximum absolute atomic E-state index is 12.9. The molecule has 3 aromatic carbocycles. The van der Waals surface area contributed by atoms with E-state index in [4.69, 9.17) is 4.74 Å². The first-order valence-electron chi connectivity index (χ1n) is 10.2. The number of halogens is 3. The third-order valence-corrected chi connectivity index (χ3v) is 5.74. The molecule has 3 aromatic rings. The van der Waals surface area contributed by atoms with Crippen LogP contribution in [0.4, 0.5) is 18.9 Å². The van der Waals surface area contributed by atoms with Gasteiger partial charge in [-0.15, -0.1) is 13.2 Å². The van der Waals surface area contributed by atoms with E-state index in [-0.39, 0.29) is 22.4 Å². The predicted molar refractivity (Wildman–Crippen MR) is 116 cm³/mol. The highest BCUT2D eigenvalue weighted by Gasteiger charge is 2.32. The van der Waals surface area contributed by atoms with Gasteiger partial charge in [0.25, 0.3) is 5.91 Å². The molecule has 1 amide bonds.